The zero-order valence-electron chi connectivity index (χ0n) is 21.6. The number of benzene rings is 2. The number of sulfonamides is 1. The van der Waals surface area contributed by atoms with Crippen molar-refractivity contribution in [2.24, 2.45) is 0 Å². The first-order valence-corrected chi connectivity index (χ1v) is 15.0. The first-order valence-electron chi connectivity index (χ1n) is 12.7. The molecule has 0 aliphatic heterocycles. The third-order valence-corrected chi connectivity index (χ3v) is 8.32. The molecule has 0 aromatic heterocycles. The van der Waals surface area contributed by atoms with Crippen molar-refractivity contribution < 1.29 is 26.8 Å². The third kappa shape index (κ3) is 8.14. The molecular weight excluding hydrogens is 536 g/mol. The number of rotatable bonds is 11. The van der Waals surface area contributed by atoms with Crippen molar-refractivity contribution in [3.63, 3.8) is 0 Å². The van der Waals surface area contributed by atoms with Gasteiger partial charge in [0.25, 0.3) is 0 Å². The molecule has 1 saturated carbocycles. The van der Waals surface area contributed by atoms with Crippen LogP contribution in [-0.2, 0) is 26.2 Å². The van der Waals surface area contributed by atoms with Crippen LogP contribution in [0.2, 0.25) is 5.02 Å². The molecule has 2 aromatic carbocycles. The molecular formula is C27H34ClF2N3O4S. The lowest BCUT2D eigenvalue weighted by Crippen LogP contribution is -2.50. The predicted molar refractivity (Wildman–Crippen MR) is 144 cm³/mol. The van der Waals surface area contributed by atoms with Crippen molar-refractivity contribution in [3.8, 4) is 0 Å². The summed E-state index contributed by atoms with van der Waals surface area (Å²) in [5, 5.41) is 3.53. The third-order valence-electron chi connectivity index (χ3n) is 6.76. The number of hydrogen-bond donors (Lipinski definition) is 1. The lowest BCUT2D eigenvalue weighted by molar-refractivity contribution is -0.141. The zero-order chi connectivity index (χ0) is 27.9. The molecule has 2 aromatic rings. The molecule has 7 nitrogen and oxygen atoms in total. The summed E-state index contributed by atoms with van der Waals surface area (Å²) in [4.78, 5) is 27.9. The van der Waals surface area contributed by atoms with Crippen LogP contribution >= 0.6 is 11.6 Å². The van der Waals surface area contributed by atoms with Crippen molar-refractivity contribution in [1.82, 2.24) is 10.2 Å². The number of carbonyl (C=O) groups is 2. The van der Waals surface area contributed by atoms with E-state index < -0.39 is 27.7 Å². The molecule has 38 heavy (non-hydrogen) atoms. The lowest BCUT2D eigenvalue weighted by atomic mass is 9.95. The largest absolute Gasteiger partial charge is 0.352 e. The predicted octanol–water partition coefficient (Wildman–Crippen LogP) is 5.03. The minimum absolute atomic E-state index is 0.0352. The molecule has 0 saturated heterocycles. The molecule has 1 aliphatic carbocycles. The van der Waals surface area contributed by atoms with E-state index in [1.165, 1.54) is 11.0 Å². The van der Waals surface area contributed by atoms with Gasteiger partial charge in [0.15, 0.2) is 11.6 Å². The van der Waals surface area contributed by atoms with Gasteiger partial charge in [-0.3, -0.25) is 13.9 Å². The van der Waals surface area contributed by atoms with E-state index in [1.54, 1.807) is 31.2 Å². The molecule has 1 fully saturated rings. The van der Waals surface area contributed by atoms with Gasteiger partial charge in [0.1, 0.15) is 6.04 Å². The molecule has 0 radical (unpaired) electrons. The minimum atomic E-state index is -3.83. The van der Waals surface area contributed by atoms with Gasteiger partial charge < -0.3 is 10.2 Å². The van der Waals surface area contributed by atoms with Crippen molar-refractivity contribution in [2.45, 2.75) is 70.5 Å². The lowest BCUT2D eigenvalue weighted by Gasteiger charge is -2.31. The van der Waals surface area contributed by atoms with E-state index in [4.69, 9.17) is 11.6 Å². The van der Waals surface area contributed by atoms with Gasteiger partial charge in [0.2, 0.25) is 21.8 Å². The number of nitrogens with one attached hydrogen (secondary N) is 1. The number of anilines is 1. The zero-order valence-corrected chi connectivity index (χ0v) is 23.2. The summed E-state index contributed by atoms with van der Waals surface area (Å²) < 4.78 is 52.7. The average molecular weight is 570 g/mol. The van der Waals surface area contributed by atoms with Crippen molar-refractivity contribution in [3.05, 3.63) is 64.7 Å². The highest BCUT2D eigenvalue weighted by Gasteiger charge is 2.29. The second kappa shape index (κ2) is 13.4. The van der Waals surface area contributed by atoms with E-state index in [2.05, 4.69) is 5.32 Å². The topological polar surface area (TPSA) is 86.8 Å². The monoisotopic (exact) mass is 569 g/mol. The molecule has 2 amide bonds. The van der Waals surface area contributed by atoms with Crippen LogP contribution in [0.25, 0.3) is 0 Å². The van der Waals surface area contributed by atoms with Gasteiger partial charge in [0.05, 0.1) is 11.9 Å². The smallest absolute Gasteiger partial charge is 0.242 e. The number of hydrogen-bond acceptors (Lipinski definition) is 4. The fourth-order valence-electron chi connectivity index (χ4n) is 4.61. The highest BCUT2D eigenvalue weighted by molar-refractivity contribution is 7.92. The number of nitrogens with zero attached hydrogens (tertiary/aromatic N) is 2. The molecule has 3 rings (SSSR count). The second-order valence-electron chi connectivity index (χ2n) is 9.67. The Morgan fingerprint density at radius 1 is 1.08 bits per heavy atom. The van der Waals surface area contributed by atoms with Crippen LogP contribution in [0.4, 0.5) is 14.5 Å². The Balaban J connectivity index is 1.73. The number of halogens is 3. The van der Waals surface area contributed by atoms with Crippen molar-refractivity contribution in [1.29, 1.82) is 0 Å². The summed E-state index contributed by atoms with van der Waals surface area (Å²) in [5.74, 6) is -2.86. The fourth-order valence-corrected chi connectivity index (χ4v) is 5.76. The first kappa shape index (κ1) is 29.8. The van der Waals surface area contributed by atoms with Gasteiger partial charge in [-0.2, -0.15) is 0 Å². The van der Waals surface area contributed by atoms with Crippen LogP contribution in [0.15, 0.2) is 42.5 Å². The van der Waals surface area contributed by atoms with Gasteiger partial charge in [0, 0.05) is 36.6 Å². The van der Waals surface area contributed by atoms with Gasteiger partial charge in [-0.25, -0.2) is 17.2 Å². The van der Waals surface area contributed by atoms with Crippen molar-refractivity contribution >= 4 is 39.1 Å². The Kier molecular flexibility index (Phi) is 10.5. The molecule has 11 heteroatoms. The standard InChI is InChI=1S/C27H34ClF2N3O4S/c1-19(27(35)31-21-10-4-3-5-11-21)32(18-20-9-6-7-12-23(20)28)26(34)13-8-16-33(38(2,36)37)22-14-15-24(29)25(30)17-22/h6-7,9,12,14-15,17,19,21H,3-5,8,10-11,13,16,18H2,1-2H3,(H,31,35)/t19-/m0/s1. The summed E-state index contributed by atoms with van der Waals surface area (Å²) in [6.45, 7) is 1.64. The van der Waals surface area contributed by atoms with Crippen LogP contribution in [0.5, 0.6) is 0 Å². The fraction of sp³-hybridized carbons (Fsp3) is 0.481. The summed E-state index contributed by atoms with van der Waals surface area (Å²) >= 11 is 6.33. The summed E-state index contributed by atoms with van der Waals surface area (Å²) in [7, 11) is -3.83. The Morgan fingerprint density at radius 2 is 1.76 bits per heavy atom. The summed E-state index contributed by atoms with van der Waals surface area (Å²) in [6, 6.07) is 9.18. The van der Waals surface area contributed by atoms with E-state index in [-0.39, 0.29) is 49.5 Å². The van der Waals surface area contributed by atoms with Crippen LogP contribution in [-0.4, -0.2) is 50.0 Å². The van der Waals surface area contributed by atoms with Crippen LogP contribution < -0.4 is 9.62 Å². The summed E-state index contributed by atoms with van der Waals surface area (Å²) in [6.07, 6.45) is 6.05. The first-order chi connectivity index (χ1) is 18.0. The van der Waals surface area contributed by atoms with Crippen LogP contribution in [0.1, 0.15) is 57.4 Å². The molecule has 208 valence electrons. The SMILES string of the molecule is C[C@@H](C(=O)NC1CCCCC1)N(Cc1ccccc1Cl)C(=O)CCCN(c1ccc(F)c(F)c1)S(C)(=O)=O. The molecule has 1 atom stereocenters. The van der Waals surface area contributed by atoms with E-state index in [0.717, 1.165) is 54.8 Å². The summed E-state index contributed by atoms with van der Waals surface area (Å²) in [5.41, 5.74) is 0.645. The van der Waals surface area contributed by atoms with E-state index >= 15 is 0 Å². The Hall–Kier alpha value is -2.72. The van der Waals surface area contributed by atoms with Gasteiger partial charge >= 0.3 is 0 Å². The van der Waals surface area contributed by atoms with E-state index in [9.17, 15) is 26.8 Å². The Bertz CT molecular complexity index is 1240. The Labute approximate surface area is 228 Å². The molecule has 0 unspecified atom stereocenters. The van der Waals surface area contributed by atoms with Gasteiger partial charge in [-0.15, -0.1) is 0 Å². The molecule has 0 bridgehead atoms. The highest BCUT2D eigenvalue weighted by Crippen LogP contribution is 2.23. The number of carbonyl (C=O) groups excluding carboxylic acids is 2. The number of amides is 2. The van der Waals surface area contributed by atoms with E-state index in [1.807, 2.05) is 0 Å². The normalized spacial score (nSPS) is 15.1. The molecule has 0 heterocycles. The maximum Gasteiger partial charge on any atom is 0.242 e. The van der Waals surface area contributed by atoms with Crippen LogP contribution in [0, 0.1) is 11.6 Å². The second-order valence-corrected chi connectivity index (χ2v) is 12.0. The molecule has 1 aliphatic rings. The maximum atomic E-state index is 13.8. The maximum absolute atomic E-state index is 13.8. The van der Waals surface area contributed by atoms with E-state index in [0.29, 0.717) is 10.6 Å². The molecule has 0 spiro atoms. The van der Waals surface area contributed by atoms with Gasteiger partial charge in [-0.05, 0) is 49.9 Å². The highest BCUT2D eigenvalue weighted by atomic mass is 35.5. The average Bonchev–Trinajstić information content (AvgIpc) is 2.87. The van der Waals surface area contributed by atoms with Gasteiger partial charge in [-0.1, -0.05) is 49.1 Å². The Morgan fingerprint density at radius 3 is 2.39 bits per heavy atom. The van der Waals surface area contributed by atoms with Crippen LogP contribution in [0.3, 0.4) is 0 Å². The van der Waals surface area contributed by atoms with Crippen molar-refractivity contribution in [2.75, 3.05) is 17.1 Å². The minimum Gasteiger partial charge on any atom is -0.352 e. The quantitative estimate of drug-likeness (QED) is 0.411. The molecule has 1 N–H and O–H groups in total.